The van der Waals surface area contributed by atoms with E-state index < -0.39 is 15.8 Å². The van der Waals surface area contributed by atoms with Crippen molar-refractivity contribution in [3.8, 4) is 0 Å². The quantitative estimate of drug-likeness (QED) is 0.437. The van der Waals surface area contributed by atoms with Gasteiger partial charge in [-0.25, -0.2) is 8.42 Å². The number of carboxylic acid groups (broad SMARTS) is 1. The maximum absolute atomic E-state index is 12.2. The van der Waals surface area contributed by atoms with Crippen molar-refractivity contribution in [2.24, 2.45) is 0 Å². The minimum Gasteiger partial charge on any atom is -0.481 e. The highest BCUT2D eigenvalue weighted by atomic mass is 32.2. The molecule has 1 fully saturated rings. The molecule has 35 heavy (non-hydrogen) atoms. The number of benzene rings is 2. The Hall–Kier alpha value is -2.62. The molecule has 0 saturated carbocycles. The van der Waals surface area contributed by atoms with Crippen LogP contribution in [0.5, 0.6) is 0 Å². The number of carbonyl (C=O) groups is 1. The topological polar surface area (TPSA) is 105 Å². The highest BCUT2D eigenvalue weighted by Crippen LogP contribution is 2.36. The smallest absolute Gasteiger partial charge is 0.304 e. The summed E-state index contributed by atoms with van der Waals surface area (Å²) in [6.45, 7) is 6.31. The van der Waals surface area contributed by atoms with Gasteiger partial charge in [0.2, 0.25) is 0 Å². The molecule has 0 bridgehead atoms. The predicted octanol–water partition coefficient (Wildman–Crippen LogP) is 4.43. The highest BCUT2D eigenvalue weighted by Gasteiger charge is 2.24. The van der Waals surface area contributed by atoms with E-state index in [0.29, 0.717) is 17.5 Å². The number of anilines is 3. The lowest BCUT2D eigenvalue weighted by atomic mass is 9.95. The molecule has 1 atom stereocenters. The van der Waals surface area contributed by atoms with E-state index in [4.69, 9.17) is 9.47 Å². The van der Waals surface area contributed by atoms with E-state index in [2.05, 4.69) is 17.1 Å². The van der Waals surface area contributed by atoms with Gasteiger partial charge in [-0.1, -0.05) is 13.0 Å². The Morgan fingerprint density at radius 3 is 2.43 bits per heavy atom. The van der Waals surface area contributed by atoms with Crippen LogP contribution in [-0.4, -0.2) is 64.8 Å². The van der Waals surface area contributed by atoms with Crippen molar-refractivity contribution in [1.82, 2.24) is 0 Å². The van der Waals surface area contributed by atoms with Crippen molar-refractivity contribution in [2.75, 3.05) is 49.4 Å². The number of carboxylic acids is 1. The van der Waals surface area contributed by atoms with Gasteiger partial charge >= 0.3 is 5.97 Å². The first kappa shape index (κ1) is 27.0. The number of methoxy groups -OCH3 is 1. The number of sulfone groups is 1. The lowest BCUT2D eigenvalue weighted by molar-refractivity contribution is -0.137. The lowest BCUT2D eigenvalue weighted by Gasteiger charge is -2.37. The van der Waals surface area contributed by atoms with Crippen molar-refractivity contribution < 1.29 is 27.8 Å². The van der Waals surface area contributed by atoms with Crippen LogP contribution in [0.1, 0.15) is 44.6 Å². The second-order valence-electron chi connectivity index (χ2n) is 8.71. The second kappa shape index (κ2) is 12.4. The van der Waals surface area contributed by atoms with Crippen LogP contribution in [0.15, 0.2) is 47.4 Å². The Balaban J connectivity index is 2.00. The molecular weight excluding hydrogens is 468 g/mol. The number of hydrogen-bond acceptors (Lipinski definition) is 7. The molecule has 1 aliphatic rings. The third kappa shape index (κ3) is 6.96. The van der Waals surface area contributed by atoms with Crippen molar-refractivity contribution in [1.29, 1.82) is 0 Å². The van der Waals surface area contributed by atoms with E-state index >= 15 is 0 Å². The summed E-state index contributed by atoms with van der Waals surface area (Å²) in [7, 11) is -1.71. The molecule has 0 aliphatic carbocycles. The predicted molar refractivity (Wildman–Crippen MR) is 138 cm³/mol. The fourth-order valence-electron chi connectivity index (χ4n) is 4.53. The molecular formula is C26H36N2O6S. The molecule has 2 N–H and O–H groups in total. The van der Waals surface area contributed by atoms with Gasteiger partial charge in [0, 0.05) is 44.5 Å². The summed E-state index contributed by atoms with van der Waals surface area (Å²) in [5, 5.41) is 12.9. The highest BCUT2D eigenvalue weighted by molar-refractivity contribution is 7.91. The summed E-state index contributed by atoms with van der Waals surface area (Å²) in [6, 6.07) is 13.1. The normalized spacial score (nSPS) is 15.5. The minimum atomic E-state index is -3.28. The van der Waals surface area contributed by atoms with Crippen molar-refractivity contribution in [3.05, 3.63) is 48.0 Å². The van der Waals surface area contributed by atoms with Crippen molar-refractivity contribution in [3.63, 3.8) is 0 Å². The van der Waals surface area contributed by atoms with E-state index in [9.17, 15) is 18.3 Å². The molecule has 1 aliphatic heterocycles. The van der Waals surface area contributed by atoms with Gasteiger partial charge < -0.3 is 24.8 Å². The van der Waals surface area contributed by atoms with Gasteiger partial charge in [0.25, 0.3) is 0 Å². The molecule has 0 spiro atoms. The van der Waals surface area contributed by atoms with Gasteiger partial charge in [-0.05, 0) is 61.7 Å². The molecule has 0 aromatic heterocycles. The second-order valence-corrected chi connectivity index (χ2v) is 11.0. The van der Waals surface area contributed by atoms with Crippen LogP contribution < -0.4 is 10.2 Å². The first-order valence-corrected chi connectivity index (χ1v) is 13.7. The largest absolute Gasteiger partial charge is 0.481 e. The number of rotatable bonds is 12. The molecule has 1 saturated heterocycles. The Labute approximate surface area is 208 Å². The SMILES string of the molecule is CCN(c1ccc(C(COC)CC(=O)O)cc1Nc1ccc(S(=O)(=O)CC)cc1)C1CCOCC1. The molecule has 3 rings (SSSR count). The molecule has 2 aromatic rings. The van der Waals surface area contributed by atoms with E-state index in [0.717, 1.165) is 55.2 Å². The summed E-state index contributed by atoms with van der Waals surface area (Å²) in [6.07, 6.45) is 1.83. The maximum Gasteiger partial charge on any atom is 0.304 e. The molecule has 9 heteroatoms. The van der Waals surface area contributed by atoms with E-state index in [-0.39, 0.29) is 18.1 Å². The van der Waals surface area contributed by atoms with E-state index in [1.54, 1.807) is 38.3 Å². The Morgan fingerprint density at radius 2 is 1.86 bits per heavy atom. The van der Waals surface area contributed by atoms with Crippen molar-refractivity contribution >= 4 is 32.9 Å². The van der Waals surface area contributed by atoms with Crippen molar-refractivity contribution in [2.45, 2.75) is 50.0 Å². The van der Waals surface area contributed by atoms with E-state index in [1.807, 2.05) is 18.2 Å². The number of nitrogens with one attached hydrogen (secondary N) is 1. The first-order valence-electron chi connectivity index (χ1n) is 12.1. The van der Waals surface area contributed by atoms with E-state index in [1.165, 1.54) is 0 Å². The van der Waals surface area contributed by atoms with Crippen LogP contribution in [0, 0.1) is 0 Å². The molecule has 8 nitrogen and oxygen atoms in total. The van der Waals surface area contributed by atoms with Gasteiger partial charge in [0.05, 0.1) is 35.1 Å². The summed E-state index contributed by atoms with van der Waals surface area (Å²) >= 11 is 0. The first-order chi connectivity index (χ1) is 16.8. The molecule has 0 radical (unpaired) electrons. The molecule has 1 heterocycles. The Morgan fingerprint density at radius 1 is 1.17 bits per heavy atom. The Bertz CT molecular complexity index is 1080. The third-order valence-electron chi connectivity index (χ3n) is 6.44. The number of ether oxygens (including phenoxy) is 2. The summed E-state index contributed by atoms with van der Waals surface area (Å²) in [5.74, 6) is -1.12. The van der Waals surface area contributed by atoms with Gasteiger partial charge in [-0.15, -0.1) is 0 Å². The van der Waals surface area contributed by atoms with Gasteiger partial charge in [-0.3, -0.25) is 4.79 Å². The molecule has 192 valence electrons. The fraction of sp³-hybridized carbons (Fsp3) is 0.500. The monoisotopic (exact) mass is 504 g/mol. The average Bonchev–Trinajstić information content (AvgIpc) is 2.86. The van der Waals surface area contributed by atoms with Crippen LogP contribution in [0.2, 0.25) is 0 Å². The zero-order valence-electron chi connectivity index (χ0n) is 20.7. The number of aliphatic carboxylic acids is 1. The fourth-order valence-corrected chi connectivity index (χ4v) is 5.42. The molecule has 0 amide bonds. The molecule has 2 aromatic carbocycles. The third-order valence-corrected chi connectivity index (χ3v) is 8.19. The standard InChI is InChI=1S/C26H36N2O6S/c1-4-28(22-12-14-34-15-13-22)25-11-6-19(20(18-33-3)17-26(29)30)16-24(25)27-21-7-9-23(10-8-21)35(31,32)5-2/h6-11,16,20,22,27H,4-5,12-15,17-18H2,1-3H3,(H,29,30). The summed E-state index contributed by atoms with van der Waals surface area (Å²) in [4.78, 5) is 14.1. The van der Waals surface area contributed by atoms with Crippen LogP contribution in [0.3, 0.4) is 0 Å². The zero-order valence-corrected chi connectivity index (χ0v) is 21.5. The van der Waals surface area contributed by atoms with Crippen LogP contribution in [-0.2, 0) is 24.1 Å². The summed E-state index contributed by atoms with van der Waals surface area (Å²) < 4.78 is 35.3. The average molecular weight is 505 g/mol. The zero-order chi connectivity index (χ0) is 25.4. The number of hydrogen-bond donors (Lipinski definition) is 2. The van der Waals surface area contributed by atoms with Gasteiger partial charge in [0.1, 0.15) is 0 Å². The summed E-state index contributed by atoms with van der Waals surface area (Å²) in [5.41, 5.74) is 3.48. The molecule has 1 unspecified atom stereocenters. The maximum atomic E-state index is 12.2. The number of nitrogens with zero attached hydrogens (tertiary/aromatic N) is 1. The van der Waals surface area contributed by atoms with Crippen LogP contribution >= 0.6 is 0 Å². The minimum absolute atomic E-state index is 0.0341. The lowest BCUT2D eigenvalue weighted by Crippen LogP contribution is -2.39. The van der Waals surface area contributed by atoms with Crippen LogP contribution in [0.25, 0.3) is 0 Å². The van der Waals surface area contributed by atoms with Crippen LogP contribution in [0.4, 0.5) is 17.1 Å². The van der Waals surface area contributed by atoms with Gasteiger partial charge in [-0.2, -0.15) is 0 Å². The Kier molecular flexibility index (Phi) is 9.54. The van der Waals surface area contributed by atoms with Gasteiger partial charge in [0.15, 0.2) is 9.84 Å².